The Morgan fingerprint density at radius 2 is 2.00 bits per heavy atom. The van der Waals surface area contributed by atoms with Crippen molar-refractivity contribution < 1.29 is 24.2 Å². The van der Waals surface area contributed by atoms with E-state index in [1.165, 1.54) is 7.11 Å². The number of carboxylic acids is 1. The monoisotopic (exact) mass is 309 g/mol. The van der Waals surface area contributed by atoms with Crippen molar-refractivity contribution in [1.29, 1.82) is 0 Å². The van der Waals surface area contributed by atoms with Gasteiger partial charge in [-0.3, -0.25) is 4.79 Å². The molecule has 1 aromatic rings. The van der Waals surface area contributed by atoms with Crippen molar-refractivity contribution in [2.45, 2.75) is 38.8 Å². The molecule has 0 aliphatic carbocycles. The summed E-state index contributed by atoms with van der Waals surface area (Å²) in [5.41, 5.74) is 0.00203. The highest BCUT2D eigenvalue weighted by Gasteiger charge is 2.22. The summed E-state index contributed by atoms with van der Waals surface area (Å²) in [6.07, 6.45) is 0.197. The number of amides is 1. The summed E-state index contributed by atoms with van der Waals surface area (Å²) in [7, 11) is 1.50. The molecule has 0 radical (unpaired) electrons. The highest BCUT2D eigenvalue weighted by atomic mass is 16.5. The summed E-state index contributed by atoms with van der Waals surface area (Å²) in [5, 5.41) is 11.7. The van der Waals surface area contributed by atoms with Crippen LogP contribution in [0.15, 0.2) is 24.3 Å². The number of carbonyl (C=O) groups excluding carboxylic acids is 1. The van der Waals surface area contributed by atoms with Crippen LogP contribution in [0.1, 0.15) is 37.6 Å². The van der Waals surface area contributed by atoms with Gasteiger partial charge in [0, 0.05) is 18.6 Å². The molecular formula is C16H23NO5. The molecule has 0 heterocycles. The molecule has 0 spiro atoms. The predicted molar refractivity (Wildman–Crippen MR) is 82.2 cm³/mol. The van der Waals surface area contributed by atoms with Gasteiger partial charge in [-0.25, -0.2) is 4.79 Å². The Kier molecular flexibility index (Phi) is 6.37. The average Bonchev–Trinajstić information content (AvgIpc) is 2.44. The standard InChI is InChI=1S/C16H23NO5/c1-16(2,3)22-9-8-13(15(19)20)17-14(18)11-6-5-7-12(10-11)21-4/h5-7,10,13H,8-9H2,1-4H3,(H,17,18)(H,19,20). The number of nitrogens with one attached hydrogen (secondary N) is 1. The fourth-order valence-corrected chi connectivity index (χ4v) is 1.75. The number of rotatable bonds is 7. The summed E-state index contributed by atoms with van der Waals surface area (Å²) in [4.78, 5) is 23.4. The van der Waals surface area contributed by atoms with Gasteiger partial charge in [0.15, 0.2) is 0 Å². The van der Waals surface area contributed by atoms with Crippen molar-refractivity contribution in [2.75, 3.05) is 13.7 Å². The summed E-state index contributed by atoms with van der Waals surface area (Å²) >= 11 is 0. The van der Waals surface area contributed by atoms with Crippen LogP contribution >= 0.6 is 0 Å². The lowest BCUT2D eigenvalue weighted by molar-refractivity contribution is -0.140. The van der Waals surface area contributed by atoms with Gasteiger partial charge in [0.2, 0.25) is 0 Å². The van der Waals surface area contributed by atoms with E-state index in [4.69, 9.17) is 9.47 Å². The first-order chi connectivity index (χ1) is 10.2. The van der Waals surface area contributed by atoms with Gasteiger partial charge >= 0.3 is 5.97 Å². The maximum absolute atomic E-state index is 12.1. The van der Waals surface area contributed by atoms with E-state index in [0.29, 0.717) is 11.3 Å². The Labute approximate surface area is 130 Å². The number of carboxylic acid groups (broad SMARTS) is 1. The highest BCUT2D eigenvalue weighted by Crippen LogP contribution is 2.13. The molecule has 0 fully saturated rings. The summed E-state index contributed by atoms with van der Waals surface area (Å²) in [5.74, 6) is -1.01. The molecule has 1 aromatic carbocycles. The Morgan fingerprint density at radius 3 is 2.55 bits per heavy atom. The molecular weight excluding hydrogens is 286 g/mol. The highest BCUT2D eigenvalue weighted by molar-refractivity contribution is 5.96. The molecule has 1 amide bonds. The zero-order chi connectivity index (χ0) is 16.8. The molecule has 0 bridgehead atoms. The molecule has 1 atom stereocenters. The number of ether oxygens (including phenoxy) is 2. The van der Waals surface area contributed by atoms with E-state index in [0.717, 1.165) is 0 Å². The molecule has 0 aliphatic rings. The third kappa shape index (κ3) is 6.13. The second kappa shape index (κ2) is 7.79. The zero-order valence-corrected chi connectivity index (χ0v) is 13.4. The van der Waals surface area contributed by atoms with Crippen molar-refractivity contribution in [1.82, 2.24) is 5.32 Å². The molecule has 0 aromatic heterocycles. The number of carbonyl (C=O) groups is 2. The number of hydrogen-bond acceptors (Lipinski definition) is 4. The van der Waals surface area contributed by atoms with Crippen LogP contribution < -0.4 is 10.1 Å². The number of aliphatic carboxylic acids is 1. The van der Waals surface area contributed by atoms with Gasteiger partial charge in [-0.15, -0.1) is 0 Å². The lowest BCUT2D eigenvalue weighted by Gasteiger charge is -2.21. The lowest BCUT2D eigenvalue weighted by Crippen LogP contribution is -2.42. The van der Waals surface area contributed by atoms with E-state index in [9.17, 15) is 14.7 Å². The smallest absolute Gasteiger partial charge is 0.326 e. The first-order valence-electron chi connectivity index (χ1n) is 7.04. The number of hydrogen-bond donors (Lipinski definition) is 2. The van der Waals surface area contributed by atoms with E-state index in [1.807, 2.05) is 20.8 Å². The molecule has 122 valence electrons. The first kappa shape index (κ1) is 18.0. The average molecular weight is 309 g/mol. The van der Waals surface area contributed by atoms with Crippen molar-refractivity contribution in [3.8, 4) is 5.75 Å². The SMILES string of the molecule is COc1cccc(C(=O)NC(CCOC(C)(C)C)C(=O)O)c1. The van der Waals surface area contributed by atoms with E-state index >= 15 is 0 Å². The number of benzene rings is 1. The molecule has 6 heteroatoms. The van der Waals surface area contributed by atoms with Gasteiger partial charge in [0.25, 0.3) is 5.91 Å². The minimum Gasteiger partial charge on any atom is -0.497 e. The Morgan fingerprint density at radius 1 is 1.32 bits per heavy atom. The predicted octanol–water partition coefficient (Wildman–Crippen LogP) is 2.08. The van der Waals surface area contributed by atoms with Gasteiger partial charge in [-0.1, -0.05) is 6.07 Å². The van der Waals surface area contributed by atoms with Crippen LogP contribution in [0.2, 0.25) is 0 Å². The summed E-state index contributed by atoms with van der Waals surface area (Å²) in [6.45, 7) is 5.91. The van der Waals surface area contributed by atoms with Gasteiger partial charge in [0.05, 0.1) is 12.7 Å². The van der Waals surface area contributed by atoms with Gasteiger partial charge in [-0.2, -0.15) is 0 Å². The van der Waals surface area contributed by atoms with Crippen LogP contribution in [0.4, 0.5) is 0 Å². The fourth-order valence-electron chi connectivity index (χ4n) is 1.75. The Hall–Kier alpha value is -2.08. The lowest BCUT2D eigenvalue weighted by atomic mass is 10.1. The van der Waals surface area contributed by atoms with Gasteiger partial charge < -0.3 is 19.9 Å². The molecule has 0 saturated heterocycles. The third-order valence-electron chi connectivity index (χ3n) is 2.88. The topological polar surface area (TPSA) is 84.9 Å². The minimum atomic E-state index is -1.09. The van der Waals surface area contributed by atoms with Crippen molar-refractivity contribution in [3.05, 3.63) is 29.8 Å². The Balaban J connectivity index is 2.65. The largest absolute Gasteiger partial charge is 0.497 e. The second-order valence-corrected chi connectivity index (χ2v) is 5.85. The Bertz CT molecular complexity index is 522. The molecule has 1 unspecified atom stereocenters. The van der Waals surface area contributed by atoms with Crippen LogP contribution in [0.5, 0.6) is 5.75 Å². The molecule has 1 rings (SSSR count). The molecule has 22 heavy (non-hydrogen) atoms. The third-order valence-corrected chi connectivity index (χ3v) is 2.88. The van der Waals surface area contributed by atoms with Crippen LogP contribution in [0, 0.1) is 0 Å². The maximum Gasteiger partial charge on any atom is 0.326 e. The van der Waals surface area contributed by atoms with E-state index in [2.05, 4.69) is 5.32 Å². The molecule has 2 N–H and O–H groups in total. The summed E-state index contributed by atoms with van der Waals surface area (Å²) in [6, 6.07) is 5.54. The number of methoxy groups -OCH3 is 1. The van der Waals surface area contributed by atoms with Gasteiger partial charge in [0.1, 0.15) is 11.8 Å². The van der Waals surface area contributed by atoms with Crippen molar-refractivity contribution in [3.63, 3.8) is 0 Å². The fraction of sp³-hybridized carbons (Fsp3) is 0.500. The van der Waals surface area contributed by atoms with E-state index in [-0.39, 0.29) is 18.6 Å². The van der Waals surface area contributed by atoms with E-state index in [1.54, 1.807) is 24.3 Å². The normalized spacial score (nSPS) is 12.5. The second-order valence-electron chi connectivity index (χ2n) is 5.85. The van der Waals surface area contributed by atoms with Crippen molar-refractivity contribution >= 4 is 11.9 Å². The summed E-state index contributed by atoms with van der Waals surface area (Å²) < 4.78 is 10.5. The van der Waals surface area contributed by atoms with Crippen LogP contribution in [0.25, 0.3) is 0 Å². The quantitative estimate of drug-likeness (QED) is 0.805. The molecule has 6 nitrogen and oxygen atoms in total. The first-order valence-corrected chi connectivity index (χ1v) is 7.04. The molecule has 0 aliphatic heterocycles. The van der Waals surface area contributed by atoms with Crippen LogP contribution in [-0.2, 0) is 9.53 Å². The molecule has 0 saturated carbocycles. The van der Waals surface area contributed by atoms with Crippen molar-refractivity contribution in [2.24, 2.45) is 0 Å². The maximum atomic E-state index is 12.1. The minimum absolute atomic E-state index is 0.197. The van der Waals surface area contributed by atoms with E-state index < -0.39 is 17.9 Å². The zero-order valence-electron chi connectivity index (χ0n) is 13.4. The van der Waals surface area contributed by atoms with Gasteiger partial charge in [-0.05, 0) is 39.0 Å². The van der Waals surface area contributed by atoms with Crippen LogP contribution in [0.3, 0.4) is 0 Å². The van der Waals surface area contributed by atoms with Crippen LogP contribution in [-0.4, -0.2) is 42.3 Å².